The van der Waals surface area contributed by atoms with E-state index in [-0.39, 0.29) is 36.0 Å². The lowest BCUT2D eigenvalue weighted by Crippen LogP contribution is -2.57. The van der Waals surface area contributed by atoms with Crippen LogP contribution in [-0.2, 0) is 16.4 Å². The minimum Gasteiger partial charge on any atom is -0.504 e. The topological polar surface area (TPSA) is 81.1 Å². The van der Waals surface area contributed by atoms with Crippen molar-refractivity contribution in [3.8, 4) is 11.5 Å². The SMILES string of the molecule is CS(=O)(=O)N1CCC[C@@H]2CN3CCc4cc(O)c(O)cc4[C@H]3C[C@@H]21.Cl. The lowest BCUT2D eigenvalue weighted by molar-refractivity contribution is 0.0221. The van der Waals surface area contributed by atoms with Crippen LogP contribution in [0.3, 0.4) is 0 Å². The molecular weight excluding hydrogens is 364 g/mol. The van der Waals surface area contributed by atoms with Gasteiger partial charge >= 0.3 is 0 Å². The standard InChI is InChI=1S/C17H24N2O4S.ClH/c1-24(22,23)19-5-2-3-12-10-18-6-4-11-7-16(20)17(21)8-13(11)15(18)9-14(12)19;/h7-8,12,14-15,20-21H,2-6,9-10H2,1H3;1H/t12-,14+,15-;/m1./s1. The molecule has 3 atom stereocenters. The van der Waals surface area contributed by atoms with Gasteiger partial charge in [0.2, 0.25) is 10.0 Å². The third-order valence-corrected chi connectivity index (χ3v) is 7.24. The fraction of sp³-hybridized carbons (Fsp3) is 0.647. The fourth-order valence-corrected chi connectivity index (χ4v) is 6.05. The van der Waals surface area contributed by atoms with Crippen LogP contribution in [0.25, 0.3) is 0 Å². The molecule has 0 unspecified atom stereocenters. The van der Waals surface area contributed by atoms with Gasteiger partial charge in [0, 0.05) is 31.7 Å². The molecule has 6 nitrogen and oxygen atoms in total. The van der Waals surface area contributed by atoms with E-state index >= 15 is 0 Å². The summed E-state index contributed by atoms with van der Waals surface area (Å²) in [7, 11) is -3.20. The van der Waals surface area contributed by atoms with Gasteiger partial charge in [0.1, 0.15) is 0 Å². The molecule has 3 aliphatic rings. The molecule has 0 radical (unpaired) electrons. The summed E-state index contributed by atoms with van der Waals surface area (Å²) < 4.78 is 26.1. The lowest BCUT2D eigenvalue weighted by atomic mass is 9.77. The zero-order valence-electron chi connectivity index (χ0n) is 14.3. The number of piperidine rings is 2. The average Bonchev–Trinajstić information content (AvgIpc) is 2.53. The largest absolute Gasteiger partial charge is 0.504 e. The van der Waals surface area contributed by atoms with Crippen LogP contribution in [0.4, 0.5) is 0 Å². The van der Waals surface area contributed by atoms with E-state index < -0.39 is 10.0 Å². The summed E-state index contributed by atoms with van der Waals surface area (Å²) in [6.45, 7) is 2.44. The number of rotatable bonds is 1. The van der Waals surface area contributed by atoms with Crippen molar-refractivity contribution in [2.24, 2.45) is 5.92 Å². The summed E-state index contributed by atoms with van der Waals surface area (Å²) in [5.74, 6) is 0.213. The Kier molecular flexibility index (Phi) is 4.96. The molecular formula is C17H25ClN2O4S. The maximum atomic E-state index is 12.2. The van der Waals surface area contributed by atoms with Crippen molar-refractivity contribution >= 4 is 22.4 Å². The number of sulfonamides is 1. The van der Waals surface area contributed by atoms with Crippen molar-refractivity contribution in [3.63, 3.8) is 0 Å². The maximum Gasteiger partial charge on any atom is 0.211 e. The molecule has 25 heavy (non-hydrogen) atoms. The highest BCUT2D eigenvalue weighted by molar-refractivity contribution is 7.88. The molecule has 8 heteroatoms. The number of aromatic hydroxyl groups is 2. The van der Waals surface area contributed by atoms with Gasteiger partial charge in [0.05, 0.1) is 6.26 Å². The van der Waals surface area contributed by atoms with Gasteiger partial charge in [-0.05, 0) is 54.9 Å². The van der Waals surface area contributed by atoms with Gasteiger partial charge in [0.25, 0.3) is 0 Å². The molecule has 2 saturated heterocycles. The molecule has 0 bridgehead atoms. The predicted octanol–water partition coefficient (Wildman–Crippen LogP) is 1.86. The number of phenolic OH excluding ortho intramolecular Hbond substituents is 2. The Hall–Kier alpha value is -1.02. The van der Waals surface area contributed by atoms with Crippen molar-refractivity contribution in [1.29, 1.82) is 0 Å². The molecule has 2 fully saturated rings. The molecule has 0 aromatic heterocycles. The van der Waals surface area contributed by atoms with Crippen molar-refractivity contribution in [2.45, 2.75) is 37.8 Å². The Labute approximate surface area is 154 Å². The second-order valence-corrected chi connectivity index (χ2v) is 9.31. The van der Waals surface area contributed by atoms with Gasteiger partial charge in [-0.3, -0.25) is 4.90 Å². The van der Waals surface area contributed by atoms with Crippen molar-refractivity contribution in [3.05, 3.63) is 23.3 Å². The minimum atomic E-state index is -3.20. The Morgan fingerprint density at radius 2 is 1.88 bits per heavy atom. The summed E-state index contributed by atoms with van der Waals surface area (Å²) in [6.07, 6.45) is 4.92. The van der Waals surface area contributed by atoms with Gasteiger partial charge in [-0.25, -0.2) is 8.42 Å². The normalized spacial score (nSPS) is 29.9. The second kappa shape index (κ2) is 6.61. The van der Waals surface area contributed by atoms with E-state index in [1.807, 2.05) is 0 Å². The first kappa shape index (κ1) is 18.8. The fourth-order valence-electron chi connectivity index (χ4n) is 4.84. The first-order valence-corrected chi connectivity index (χ1v) is 10.4. The molecule has 3 aliphatic heterocycles. The number of fused-ring (bicyclic) bond motifs is 4. The zero-order valence-corrected chi connectivity index (χ0v) is 15.9. The van der Waals surface area contributed by atoms with E-state index in [2.05, 4.69) is 4.90 Å². The summed E-state index contributed by atoms with van der Waals surface area (Å²) >= 11 is 0. The highest BCUT2D eigenvalue weighted by atomic mass is 35.5. The highest BCUT2D eigenvalue weighted by Gasteiger charge is 2.45. The number of nitrogens with zero attached hydrogens (tertiary/aromatic N) is 2. The Morgan fingerprint density at radius 3 is 2.60 bits per heavy atom. The highest BCUT2D eigenvalue weighted by Crippen LogP contribution is 2.45. The Balaban J connectivity index is 0.00000182. The van der Waals surface area contributed by atoms with E-state index in [1.165, 1.54) is 6.26 Å². The smallest absolute Gasteiger partial charge is 0.211 e. The number of halogens is 1. The summed E-state index contributed by atoms with van der Waals surface area (Å²) in [6, 6.07) is 3.47. The predicted molar refractivity (Wildman–Crippen MR) is 97.7 cm³/mol. The van der Waals surface area contributed by atoms with E-state index in [9.17, 15) is 18.6 Å². The summed E-state index contributed by atoms with van der Waals surface area (Å²) in [5, 5.41) is 19.7. The quantitative estimate of drug-likeness (QED) is 0.718. The Bertz CT molecular complexity index is 770. The van der Waals surface area contributed by atoms with E-state index in [4.69, 9.17) is 0 Å². The molecule has 0 aliphatic carbocycles. The van der Waals surface area contributed by atoms with Crippen LogP contribution in [0.1, 0.15) is 36.4 Å². The summed E-state index contributed by atoms with van der Waals surface area (Å²) in [5.41, 5.74) is 2.10. The molecule has 0 saturated carbocycles. The molecule has 4 rings (SSSR count). The van der Waals surface area contributed by atoms with Gasteiger partial charge in [-0.2, -0.15) is 4.31 Å². The molecule has 1 aromatic carbocycles. The van der Waals surface area contributed by atoms with Crippen LogP contribution in [-0.4, -0.2) is 59.8 Å². The van der Waals surface area contributed by atoms with Crippen LogP contribution in [0.15, 0.2) is 12.1 Å². The van der Waals surface area contributed by atoms with Gasteiger partial charge in [-0.1, -0.05) is 0 Å². The van der Waals surface area contributed by atoms with E-state index in [1.54, 1.807) is 16.4 Å². The first-order chi connectivity index (χ1) is 11.3. The average molecular weight is 389 g/mol. The maximum absolute atomic E-state index is 12.2. The number of phenols is 2. The lowest BCUT2D eigenvalue weighted by Gasteiger charge is -2.51. The molecule has 0 spiro atoms. The second-order valence-electron chi connectivity index (χ2n) is 7.38. The Morgan fingerprint density at radius 1 is 1.16 bits per heavy atom. The minimum absolute atomic E-state index is 0. The van der Waals surface area contributed by atoms with Gasteiger partial charge in [0.15, 0.2) is 11.5 Å². The number of benzene rings is 1. The zero-order chi connectivity index (χ0) is 17.1. The number of hydrogen-bond acceptors (Lipinski definition) is 5. The first-order valence-electron chi connectivity index (χ1n) is 8.60. The van der Waals surface area contributed by atoms with Crippen LogP contribution < -0.4 is 0 Å². The van der Waals surface area contributed by atoms with Crippen molar-refractivity contribution in [1.82, 2.24) is 9.21 Å². The molecule has 0 amide bonds. The van der Waals surface area contributed by atoms with Crippen LogP contribution in [0.5, 0.6) is 11.5 Å². The van der Waals surface area contributed by atoms with Crippen LogP contribution in [0, 0.1) is 5.92 Å². The molecule has 140 valence electrons. The molecule has 3 heterocycles. The van der Waals surface area contributed by atoms with Crippen molar-refractivity contribution < 1.29 is 18.6 Å². The van der Waals surface area contributed by atoms with Crippen LogP contribution >= 0.6 is 12.4 Å². The molecule has 2 N–H and O–H groups in total. The van der Waals surface area contributed by atoms with E-state index in [0.29, 0.717) is 12.5 Å². The molecule has 1 aromatic rings. The van der Waals surface area contributed by atoms with Gasteiger partial charge < -0.3 is 10.2 Å². The van der Waals surface area contributed by atoms with E-state index in [0.717, 1.165) is 49.9 Å². The third-order valence-electron chi connectivity index (χ3n) is 5.93. The van der Waals surface area contributed by atoms with Crippen LogP contribution in [0.2, 0.25) is 0 Å². The summed E-state index contributed by atoms with van der Waals surface area (Å²) in [4.78, 5) is 2.42. The van der Waals surface area contributed by atoms with Gasteiger partial charge in [-0.15, -0.1) is 12.4 Å². The monoisotopic (exact) mass is 388 g/mol. The third kappa shape index (κ3) is 3.23. The van der Waals surface area contributed by atoms with Crippen molar-refractivity contribution in [2.75, 3.05) is 25.9 Å². The number of hydrogen-bond donors (Lipinski definition) is 2.